The molecule has 0 rings (SSSR count). The Bertz CT molecular complexity index is 228. The molecule has 0 bridgehead atoms. The minimum absolute atomic E-state index is 0.403. The van der Waals surface area contributed by atoms with Crippen molar-refractivity contribution in [1.82, 2.24) is 0 Å². The van der Waals surface area contributed by atoms with Gasteiger partial charge >= 0.3 is 7.32 Å². The minimum atomic E-state index is -2.02. The molecule has 0 aromatic rings. The van der Waals surface area contributed by atoms with Crippen LogP contribution in [0.2, 0.25) is 12.1 Å². The number of aliphatic hydroxyl groups is 3. The molecule has 0 fully saturated rings. The molecule has 0 atom stereocenters. The van der Waals surface area contributed by atoms with Crippen molar-refractivity contribution in [3.8, 4) is 0 Å². The van der Waals surface area contributed by atoms with Crippen molar-refractivity contribution in [2.24, 2.45) is 5.73 Å². The number of nitrogens with two attached hydrogens (primary N) is 1. The molecule has 19 heavy (non-hydrogen) atoms. The molecule has 0 aliphatic heterocycles. The van der Waals surface area contributed by atoms with E-state index in [-0.39, 0.29) is 0 Å². The van der Waals surface area contributed by atoms with E-state index in [1.54, 1.807) is 5.70 Å². The summed E-state index contributed by atoms with van der Waals surface area (Å²) in [7, 11) is -3.67. The summed E-state index contributed by atoms with van der Waals surface area (Å²) in [5.74, 6) is 0. The quantitative estimate of drug-likeness (QED) is 0.295. The molecule has 0 aliphatic rings. The number of hydrogen-bond acceptors (Lipinski definition) is 7. The number of hydrogen-bond donors (Lipinski definition) is 6. The number of aliphatic hydroxyl groups excluding tert-OH is 3. The van der Waals surface area contributed by atoms with Gasteiger partial charge < -0.3 is 35.4 Å². The van der Waals surface area contributed by atoms with Gasteiger partial charge in [-0.1, -0.05) is 19.5 Å². The fraction of sp³-hybridized carbons (Fsp3) is 0.800. The second-order valence-electron chi connectivity index (χ2n) is 4.26. The lowest BCUT2D eigenvalue weighted by molar-refractivity contribution is 0.0697. The maximum absolute atomic E-state index is 8.60. The Hall–Kier alpha value is -0.258. The van der Waals surface area contributed by atoms with Gasteiger partial charge in [0.25, 0.3) is 0 Å². The first kappa shape index (κ1) is 21.0. The molecule has 114 valence electrons. The van der Waals surface area contributed by atoms with E-state index in [1.807, 2.05) is 13.8 Å². The van der Waals surface area contributed by atoms with E-state index in [0.717, 1.165) is 12.1 Å². The summed E-state index contributed by atoms with van der Waals surface area (Å²) in [6.45, 7) is 6.38. The van der Waals surface area contributed by atoms with Crippen molar-refractivity contribution < 1.29 is 29.7 Å². The Balaban J connectivity index is 0. The Morgan fingerprint density at radius 1 is 1.16 bits per heavy atom. The molecule has 0 aromatic carbocycles. The largest absolute Gasteiger partial charge is 0.623 e. The fourth-order valence-electron chi connectivity index (χ4n) is 1.11. The Morgan fingerprint density at radius 3 is 1.58 bits per heavy atom. The standard InChI is InChI=1S/C6H15BO3Si.C4H11NO3/c1-4-11(5-2,6-3)10-7(8)9;5-4(1-6,2-7)3-8/h4,8-9H,1,5-6H2,2-3H3;6-8H,1-3,5H2. The van der Waals surface area contributed by atoms with Gasteiger partial charge in [0.15, 0.2) is 0 Å². The van der Waals surface area contributed by atoms with Gasteiger partial charge in [0, 0.05) is 0 Å². The van der Waals surface area contributed by atoms with Crippen LogP contribution in [0.5, 0.6) is 0 Å². The maximum Gasteiger partial charge on any atom is 0.623 e. The third-order valence-corrected chi connectivity index (χ3v) is 6.67. The predicted molar refractivity (Wildman–Crippen MR) is 76.4 cm³/mol. The van der Waals surface area contributed by atoms with Crippen LogP contribution in [0.3, 0.4) is 0 Å². The molecule has 0 aliphatic carbocycles. The lowest BCUT2D eigenvalue weighted by Gasteiger charge is -2.25. The van der Waals surface area contributed by atoms with Gasteiger partial charge in [-0.3, -0.25) is 0 Å². The van der Waals surface area contributed by atoms with Gasteiger partial charge in [0.05, 0.1) is 25.4 Å². The van der Waals surface area contributed by atoms with E-state index in [4.69, 9.17) is 35.4 Å². The molecule has 7 nitrogen and oxygen atoms in total. The predicted octanol–water partition coefficient (Wildman–Crippen LogP) is -1.66. The van der Waals surface area contributed by atoms with Crippen LogP contribution in [0.1, 0.15) is 13.8 Å². The molecule has 0 radical (unpaired) electrons. The fourth-order valence-corrected chi connectivity index (χ4v) is 3.04. The minimum Gasteiger partial charge on any atom is -0.425 e. The van der Waals surface area contributed by atoms with Gasteiger partial charge in [-0.25, -0.2) is 0 Å². The summed E-state index contributed by atoms with van der Waals surface area (Å²) < 4.78 is 5.02. The van der Waals surface area contributed by atoms with Gasteiger partial charge in [-0.05, 0) is 12.1 Å². The van der Waals surface area contributed by atoms with Crippen LogP contribution in [0.15, 0.2) is 12.3 Å². The van der Waals surface area contributed by atoms with Crippen molar-refractivity contribution in [2.75, 3.05) is 19.8 Å². The van der Waals surface area contributed by atoms with E-state index in [9.17, 15) is 0 Å². The van der Waals surface area contributed by atoms with E-state index in [0.29, 0.717) is 0 Å². The molecule has 7 N–H and O–H groups in total. The summed E-state index contributed by atoms with van der Waals surface area (Å²) in [5, 5.41) is 42.2. The third-order valence-electron chi connectivity index (χ3n) is 2.85. The van der Waals surface area contributed by atoms with Gasteiger partial charge in [0.2, 0.25) is 8.32 Å². The average Bonchev–Trinajstić information content (AvgIpc) is 2.44. The monoisotopic (exact) mass is 295 g/mol. The maximum atomic E-state index is 8.60. The molecule has 0 amide bonds. The normalized spacial score (nSPS) is 11.6. The van der Waals surface area contributed by atoms with Crippen molar-refractivity contribution >= 4 is 15.6 Å². The van der Waals surface area contributed by atoms with Crippen molar-refractivity contribution in [1.29, 1.82) is 0 Å². The van der Waals surface area contributed by atoms with Gasteiger partial charge in [-0.2, -0.15) is 0 Å². The molecular weight excluding hydrogens is 269 g/mol. The highest BCUT2D eigenvalue weighted by atomic mass is 28.4. The summed E-state index contributed by atoms with van der Waals surface area (Å²) in [6.07, 6.45) is 0. The highest BCUT2D eigenvalue weighted by Crippen LogP contribution is 2.17. The van der Waals surface area contributed by atoms with Crippen LogP contribution in [0.25, 0.3) is 0 Å². The summed E-state index contributed by atoms with van der Waals surface area (Å²) in [6, 6.07) is 1.65. The van der Waals surface area contributed by atoms with Crippen molar-refractivity contribution in [3.05, 3.63) is 12.3 Å². The van der Waals surface area contributed by atoms with Crippen molar-refractivity contribution in [3.63, 3.8) is 0 Å². The molecule has 0 unspecified atom stereocenters. The first-order valence-electron chi connectivity index (χ1n) is 6.07. The zero-order valence-electron chi connectivity index (χ0n) is 11.6. The van der Waals surface area contributed by atoms with Crippen LogP contribution in [-0.2, 0) is 4.34 Å². The van der Waals surface area contributed by atoms with Gasteiger partial charge in [-0.15, -0.1) is 6.58 Å². The average molecular weight is 295 g/mol. The molecule has 0 saturated carbocycles. The smallest absolute Gasteiger partial charge is 0.425 e. The molecule has 0 aromatic heterocycles. The second kappa shape index (κ2) is 10.5. The van der Waals surface area contributed by atoms with Crippen molar-refractivity contribution in [2.45, 2.75) is 31.5 Å². The van der Waals surface area contributed by atoms with E-state index < -0.39 is 41.0 Å². The molecular formula is C10H26BNO6Si. The van der Waals surface area contributed by atoms with Crippen LogP contribution in [0, 0.1) is 0 Å². The Morgan fingerprint density at radius 2 is 1.53 bits per heavy atom. The third kappa shape index (κ3) is 8.50. The SMILES string of the molecule is C=C[Si](CC)(CC)OB(O)O.NC(CO)(CO)CO. The highest BCUT2D eigenvalue weighted by molar-refractivity contribution is 6.82. The zero-order valence-corrected chi connectivity index (χ0v) is 12.6. The molecule has 0 spiro atoms. The topological polar surface area (TPSA) is 136 Å². The zero-order chi connectivity index (χ0) is 15.5. The second-order valence-corrected chi connectivity index (χ2v) is 8.44. The Labute approximate surface area is 115 Å². The first-order valence-corrected chi connectivity index (χ1v) is 8.47. The van der Waals surface area contributed by atoms with E-state index >= 15 is 0 Å². The van der Waals surface area contributed by atoms with E-state index in [1.165, 1.54) is 0 Å². The lowest BCUT2D eigenvalue weighted by Crippen LogP contribution is -2.50. The first-order chi connectivity index (χ1) is 8.78. The molecule has 9 heteroatoms. The molecule has 0 saturated heterocycles. The van der Waals surface area contributed by atoms with E-state index in [2.05, 4.69) is 6.58 Å². The Kier molecular flexibility index (Phi) is 11.7. The highest BCUT2D eigenvalue weighted by Gasteiger charge is 2.31. The summed E-state index contributed by atoms with van der Waals surface area (Å²) in [5.41, 5.74) is 5.68. The van der Waals surface area contributed by atoms with Crippen LogP contribution in [0.4, 0.5) is 0 Å². The van der Waals surface area contributed by atoms with Gasteiger partial charge in [0.1, 0.15) is 0 Å². The van der Waals surface area contributed by atoms with Crippen LogP contribution < -0.4 is 5.73 Å². The summed E-state index contributed by atoms with van der Waals surface area (Å²) >= 11 is 0. The number of rotatable bonds is 8. The summed E-state index contributed by atoms with van der Waals surface area (Å²) in [4.78, 5) is 0. The van der Waals surface area contributed by atoms with Crippen LogP contribution in [-0.4, -0.2) is 66.4 Å². The molecule has 0 heterocycles. The van der Waals surface area contributed by atoms with Crippen LogP contribution >= 0.6 is 0 Å². The lowest BCUT2D eigenvalue weighted by atomic mass is 10.1.